The molecule has 0 heterocycles. The number of thioether (sulfide) groups is 1. The van der Waals surface area contributed by atoms with E-state index in [1.807, 2.05) is 13.2 Å². The summed E-state index contributed by atoms with van der Waals surface area (Å²) in [6.07, 6.45) is 2.74. The average Bonchev–Trinajstić information content (AvgIpc) is 2.42. The summed E-state index contributed by atoms with van der Waals surface area (Å²) in [5.41, 5.74) is 0.360. The topological polar surface area (TPSA) is 58.2 Å². The maximum Gasteiger partial charge on any atom is 0.240 e. The Morgan fingerprint density at radius 2 is 2.10 bits per heavy atom. The van der Waals surface area contributed by atoms with Crippen LogP contribution in [0.25, 0.3) is 0 Å². The van der Waals surface area contributed by atoms with E-state index in [1.165, 1.54) is 18.2 Å². The van der Waals surface area contributed by atoms with Crippen LogP contribution < -0.4 is 10.0 Å². The third-order valence-corrected chi connectivity index (χ3v) is 4.87. The molecule has 114 valence electrons. The third kappa shape index (κ3) is 5.40. The van der Waals surface area contributed by atoms with Crippen LogP contribution in [0.4, 0.5) is 4.39 Å². The molecule has 0 saturated heterocycles. The smallest absolute Gasteiger partial charge is 0.240 e. The molecule has 20 heavy (non-hydrogen) atoms. The molecule has 1 rings (SSSR count). The van der Waals surface area contributed by atoms with Crippen LogP contribution in [0.15, 0.2) is 23.1 Å². The lowest BCUT2D eigenvalue weighted by Crippen LogP contribution is -2.25. The lowest BCUT2D eigenvalue weighted by atomic mass is 10.2. The molecule has 0 radical (unpaired) electrons. The van der Waals surface area contributed by atoms with Gasteiger partial charge in [-0.1, -0.05) is 6.92 Å². The van der Waals surface area contributed by atoms with Crippen LogP contribution in [0.2, 0.25) is 0 Å². The maximum absolute atomic E-state index is 13.6. The number of benzene rings is 1. The van der Waals surface area contributed by atoms with E-state index >= 15 is 0 Å². The van der Waals surface area contributed by atoms with E-state index in [0.29, 0.717) is 25.2 Å². The second kappa shape index (κ2) is 8.61. The highest BCUT2D eigenvalue weighted by atomic mass is 32.2. The fourth-order valence-electron chi connectivity index (χ4n) is 1.62. The van der Waals surface area contributed by atoms with Gasteiger partial charge in [0, 0.05) is 18.7 Å². The van der Waals surface area contributed by atoms with Crippen LogP contribution >= 0.6 is 11.8 Å². The Balaban J connectivity index is 2.78. The van der Waals surface area contributed by atoms with E-state index in [9.17, 15) is 12.8 Å². The third-order valence-electron chi connectivity index (χ3n) is 2.71. The van der Waals surface area contributed by atoms with Gasteiger partial charge in [0.25, 0.3) is 0 Å². The number of rotatable bonds is 9. The largest absolute Gasteiger partial charge is 0.313 e. The summed E-state index contributed by atoms with van der Waals surface area (Å²) in [6, 6.07) is 3.87. The van der Waals surface area contributed by atoms with Gasteiger partial charge in [0.05, 0.1) is 4.90 Å². The zero-order valence-electron chi connectivity index (χ0n) is 11.8. The second-order valence-electron chi connectivity index (χ2n) is 4.28. The van der Waals surface area contributed by atoms with E-state index in [1.54, 1.807) is 11.8 Å². The normalized spacial score (nSPS) is 11.8. The highest BCUT2D eigenvalue weighted by molar-refractivity contribution is 7.98. The number of sulfonamides is 1. The molecule has 0 amide bonds. The molecular formula is C13H21FN2O2S2. The SMILES string of the molecule is CCNCc1cc(S(=O)(=O)NCCCSC)ccc1F. The van der Waals surface area contributed by atoms with Gasteiger partial charge in [-0.3, -0.25) is 0 Å². The van der Waals surface area contributed by atoms with Gasteiger partial charge in [0.2, 0.25) is 10.0 Å². The number of hydrogen-bond acceptors (Lipinski definition) is 4. The highest BCUT2D eigenvalue weighted by Gasteiger charge is 2.15. The van der Waals surface area contributed by atoms with Crippen molar-refractivity contribution in [3.8, 4) is 0 Å². The second-order valence-corrected chi connectivity index (χ2v) is 7.03. The average molecular weight is 320 g/mol. The Labute approximate surface area is 124 Å². The molecule has 0 spiro atoms. The fourth-order valence-corrected chi connectivity index (χ4v) is 3.18. The van der Waals surface area contributed by atoms with Crippen molar-refractivity contribution in [2.24, 2.45) is 0 Å². The molecule has 0 aliphatic rings. The molecule has 7 heteroatoms. The van der Waals surface area contributed by atoms with Crippen LogP contribution in [0.1, 0.15) is 18.9 Å². The summed E-state index contributed by atoms with van der Waals surface area (Å²) in [6.45, 7) is 3.32. The molecule has 1 aromatic rings. The van der Waals surface area contributed by atoms with Crippen LogP contribution in [-0.4, -0.2) is 33.5 Å². The first-order valence-electron chi connectivity index (χ1n) is 6.49. The first-order valence-corrected chi connectivity index (χ1v) is 9.36. The molecule has 0 aromatic heterocycles. The van der Waals surface area contributed by atoms with Crippen LogP contribution in [-0.2, 0) is 16.6 Å². The molecule has 0 atom stereocenters. The van der Waals surface area contributed by atoms with Crippen molar-refractivity contribution in [2.45, 2.75) is 24.8 Å². The van der Waals surface area contributed by atoms with Gasteiger partial charge in [-0.2, -0.15) is 11.8 Å². The minimum atomic E-state index is -3.56. The summed E-state index contributed by atoms with van der Waals surface area (Å²) in [5.74, 6) is 0.504. The maximum atomic E-state index is 13.6. The Kier molecular flexibility index (Phi) is 7.50. The zero-order valence-corrected chi connectivity index (χ0v) is 13.4. The number of halogens is 1. The van der Waals surface area contributed by atoms with Gasteiger partial charge in [0.1, 0.15) is 5.82 Å². The predicted molar refractivity (Wildman–Crippen MR) is 82.0 cm³/mol. The molecule has 0 saturated carbocycles. The summed E-state index contributed by atoms with van der Waals surface area (Å²) < 4.78 is 40.2. The molecule has 1 aromatic carbocycles. The van der Waals surface area contributed by atoms with Crippen molar-refractivity contribution < 1.29 is 12.8 Å². The standard InChI is InChI=1S/C13H21FN2O2S2/c1-3-15-10-11-9-12(5-6-13(11)14)20(17,18)16-7-4-8-19-2/h5-6,9,15-16H,3-4,7-8,10H2,1-2H3. The first kappa shape index (κ1) is 17.4. The van der Waals surface area contributed by atoms with Crippen molar-refractivity contribution in [2.75, 3.05) is 25.1 Å². The summed E-state index contributed by atoms with van der Waals surface area (Å²) in [7, 11) is -3.56. The summed E-state index contributed by atoms with van der Waals surface area (Å²) in [5, 5.41) is 2.99. The molecule has 0 aliphatic carbocycles. The van der Waals surface area contributed by atoms with Crippen LogP contribution in [0.5, 0.6) is 0 Å². The van der Waals surface area contributed by atoms with Crippen molar-refractivity contribution in [1.29, 1.82) is 0 Å². The van der Waals surface area contributed by atoms with Crippen molar-refractivity contribution >= 4 is 21.8 Å². The molecule has 2 N–H and O–H groups in total. The van der Waals surface area contributed by atoms with Gasteiger partial charge in [-0.05, 0) is 43.2 Å². The quantitative estimate of drug-likeness (QED) is 0.683. The van der Waals surface area contributed by atoms with Gasteiger partial charge in [0.15, 0.2) is 0 Å². The lowest BCUT2D eigenvalue weighted by molar-refractivity contribution is 0.576. The molecule has 0 bridgehead atoms. The van der Waals surface area contributed by atoms with Gasteiger partial charge >= 0.3 is 0 Å². The molecule has 0 unspecified atom stereocenters. The lowest BCUT2D eigenvalue weighted by Gasteiger charge is -2.09. The van der Waals surface area contributed by atoms with E-state index in [-0.39, 0.29) is 4.90 Å². The van der Waals surface area contributed by atoms with Gasteiger partial charge < -0.3 is 5.32 Å². The number of hydrogen-bond donors (Lipinski definition) is 2. The summed E-state index contributed by atoms with van der Waals surface area (Å²) >= 11 is 1.67. The summed E-state index contributed by atoms with van der Waals surface area (Å²) in [4.78, 5) is 0.107. The van der Waals surface area contributed by atoms with E-state index in [2.05, 4.69) is 10.0 Å². The molecule has 0 fully saturated rings. The van der Waals surface area contributed by atoms with Crippen molar-refractivity contribution in [3.63, 3.8) is 0 Å². The molecule has 0 aliphatic heterocycles. The van der Waals surface area contributed by atoms with Crippen LogP contribution in [0.3, 0.4) is 0 Å². The molecular weight excluding hydrogens is 299 g/mol. The minimum absolute atomic E-state index is 0.107. The van der Waals surface area contributed by atoms with Crippen LogP contribution in [0, 0.1) is 5.82 Å². The fraction of sp³-hybridized carbons (Fsp3) is 0.538. The van der Waals surface area contributed by atoms with Crippen molar-refractivity contribution in [3.05, 3.63) is 29.6 Å². The Hall–Kier alpha value is -0.630. The first-order chi connectivity index (χ1) is 9.51. The van der Waals surface area contributed by atoms with Gasteiger partial charge in [-0.25, -0.2) is 17.5 Å². The zero-order chi connectivity index (χ0) is 15.0. The Bertz CT molecular complexity index is 521. The minimum Gasteiger partial charge on any atom is -0.313 e. The molecule has 4 nitrogen and oxygen atoms in total. The Morgan fingerprint density at radius 3 is 2.75 bits per heavy atom. The van der Waals surface area contributed by atoms with E-state index in [4.69, 9.17) is 0 Å². The van der Waals surface area contributed by atoms with E-state index < -0.39 is 15.8 Å². The Morgan fingerprint density at radius 1 is 1.35 bits per heavy atom. The highest BCUT2D eigenvalue weighted by Crippen LogP contribution is 2.15. The predicted octanol–water partition coefficient (Wildman–Crippen LogP) is 1.97. The monoisotopic (exact) mass is 320 g/mol. The van der Waals surface area contributed by atoms with Gasteiger partial charge in [-0.15, -0.1) is 0 Å². The number of nitrogens with one attached hydrogen (secondary N) is 2. The van der Waals surface area contributed by atoms with E-state index in [0.717, 1.165) is 12.2 Å². The van der Waals surface area contributed by atoms with Crippen molar-refractivity contribution in [1.82, 2.24) is 10.0 Å².